The third-order valence-corrected chi connectivity index (χ3v) is 3.64. The number of benzene rings is 1. The lowest BCUT2D eigenvalue weighted by molar-refractivity contribution is -0.0605. The predicted octanol–water partition coefficient (Wildman–Crippen LogP) is 1.62. The Balaban J connectivity index is 2.01. The number of carbonyl (C=O) groups excluding carboxylic acids is 1. The third-order valence-electron chi connectivity index (χ3n) is 3.41. The molecule has 0 aromatic heterocycles. The van der Waals surface area contributed by atoms with E-state index in [9.17, 15) is 9.90 Å². The highest BCUT2D eigenvalue weighted by molar-refractivity contribution is 6.30. The number of aliphatic hydroxyl groups is 1. The van der Waals surface area contributed by atoms with Crippen molar-refractivity contribution in [3.63, 3.8) is 0 Å². The molecule has 1 amide bonds. The van der Waals surface area contributed by atoms with E-state index < -0.39 is 5.60 Å². The van der Waals surface area contributed by atoms with Crippen LogP contribution in [0.4, 0.5) is 0 Å². The summed E-state index contributed by atoms with van der Waals surface area (Å²) in [7, 11) is 1.48. The average Bonchev–Trinajstić information content (AvgIpc) is 2.45. The first-order valence-corrected chi connectivity index (χ1v) is 6.84. The van der Waals surface area contributed by atoms with Crippen LogP contribution in [0, 0.1) is 0 Å². The summed E-state index contributed by atoms with van der Waals surface area (Å²) in [5.41, 5.74) is -0.499. The molecule has 2 rings (SSSR count). The number of rotatable bonds is 4. The van der Waals surface area contributed by atoms with Crippen LogP contribution in [0.15, 0.2) is 18.2 Å². The van der Waals surface area contributed by atoms with Crippen molar-refractivity contribution in [1.82, 2.24) is 5.32 Å². The minimum Gasteiger partial charge on any atom is -0.496 e. The van der Waals surface area contributed by atoms with Crippen LogP contribution in [0.1, 0.15) is 23.2 Å². The Morgan fingerprint density at radius 1 is 1.50 bits per heavy atom. The van der Waals surface area contributed by atoms with Gasteiger partial charge < -0.3 is 19.9 Å². The van der Waals surface area contributed by atoms with E-state index in [1.54, 1.807) is 18.2 Å². The van der Waals surface area contributed by atoms with Gasteiger partial charge in [0.25, 0.3) is 5.91 Å². The highest BCUT2D eigenvalue weighted by Crippen LogP contribution is 2.24. The van der Waals surface area contributed by atoms with E-state index in [1.807, 2.05) is 0 Å². The number of nitrogens with one attached hydrogen (secondary N) is 1. The Morgan fingerprint density at radius 2 is 2.20 bits per heavy atom. The van der Waals surface area contributed by atoms with Gasteiger partial charge in [-0.1, -0.05) is 11.6 Å². The lowest BCUT2D eigenvalue weighted by atomic mass is 9.94. The maximum absolute atomic E-state index is 12.1. The van der Waals surface area contributed by atoms with Gasteiger partial charge in [-0.15, -0.1) is 0 Å². The van der Waals surface area contributed by atoms with Crippen LogP contribution in [0.2, 0.25) is 5.02 Å². The van der Waals surface area contributed by atoms with Gasteiger partial charge in [0.1, 0.15) is 5.75 Å². The fraction of sp³-hybridized carbons (Fsp3) is 0.500. The first-order chi connectivity index (χ1) is 9.54. The molecule has 1 heterocycles. The van der Waals surface area contributed by atoms with E-state index in [0.29, 0.717) is 42.4 Å². The molecule has 0 spiro atoms. The molecule has 2 N–H and O–H groups in total. The molecular weight excluding hydrogens is 282 g/mol. The molecule has 1 aromatic rings. The van der Waals surface area contributed by atoms with Crippen molar-refractivity contribution in [2.45, 2.75) is 18.4 Å². The summed E-state index contributed by atoms with van der Waals surface area (Å²) >= 11 is 5.86. The van der Waals surface area contributed by atoms with Crippen molar-refractivity contribution in [3.8, 4) is 5.75 Å². The zero-order chi connectivity index (χ0) is 14.6. The van der Waals surface area contributed by atoms with E-state index in [-0.39, 0.29) is 12.5 Å². The topological polar surface area (TPSA) is 67.8 Å². The van der Waals surface area contributed by atoms with Gasteiger partial charge in [0.2, 0.25) is 0 Å². The summed E-state index contributed by atoms with van der Waals surface area (Å²) in [5, 5.41) is 13.5. The Labute approximate surface area is 122 Å². The zero-order valence-electron chi connectivity index (χ0n) is 11.3. The van der Waals surface area contributed by atoms with Gasteiger partial charge in [0.15, 0.2) is 0 Å². The molecule has 0 saturated carbocycles. The van der Waals surface area contributed by atoms with Crippen LogP contribution in [0.5, 0.6) is 5.75 Å². The molecule has 0 bridgehead atoms. The standard InChI is InChI=1S/C14H18ClNO4/c1-19-12-8-10(15)2-3-11(12)13(17)16-9-14(18)4-6-20-7-5-14/h2-3,8,18H,4-7,9H2,1H3,(H,16,17). The van der Waals surface area contributed by atoms with E-state index in [2.05, 4.69) is 5.32 Å². The number of ether oxygens (including phenoxy) is 2. The van der Waals surface area contributed by atoms with Crippen LogP contribution < -0.4 is 10.1 Å². The molecular formula is C14H18ClNO4. The molecule has 0 atom stereocenters. The van der Waals surface area contributed by atoms with Crippen molar-refractivity contribution in [3.05, 3.63) is 28.8 Å². The van der Waals surface area contributed by atoms with E-state index in [0.717, 1.165) is 0 Å². The van der Waals surface area contributed by atoms with Crippen molar-refractivity contribution in [2.75, 3.05) is 26.9 Å². The lowest BCUT2D eigenvalue weighted by Crippen LogP contribution is -2.46. The fourth-order valence-electron chi connectivity index (χ4n) is 2.12. The summed E-state index contributed by atoms with van der Waals surface area (Å²) in [6.45, 7) is 1.22. The summed E-state index contributed by atoms with van der Waals surface area (Å²) in [6.07, 6.45) is 1.04. The van der Waals surface area contributed by atoms with Gasteiger partial charge in [-0.25, -0.2) is 0 Å². The number of hydrogen-bond acceptors (Lipinski definition) is 4. The van der Waals surface area contributed by atoms with Gasteiger partial charge in [-0.05, 0) is 18.2 Å². The van der Waals surface area contributed by atoms with Crippen LogP contribution in [-0.4, -0.2) is 43.5 Å². The summed E-state index contributed by atoms with van der Waals surface area (Å²) in [4.78, 5) is 12.1. The molecule has 0 aliphatic carbocycles. The molecule has 1 saturated heterocycles. The highest BCUT2D eigenvalue weighted by Gasteiger charge is 2.30. The van der Waals surface area contributed by atoms with Crippen molar-refractivity contribution in [1.29, 1.82) is 0 Å². The Hall–Kier alpha value is -1.30. The van der Waals surface area contributed by atoms with Crippen molar-refractivity contribution >= 4 is 17.5 Å². The molecule has 5 nitrogen and oxygen atoms in total. The van der Waals surface area contributed by atoms with Gasteiger partial charge >= 0.3 is 0 Å². The largest absolute Gasteiger partial charge is 0.496 e. The van der Waals surface area contributed by atoms with Gasteiger partial charge in [-0.2, -0.15) is 0 Å². The van der Waals surface area contributed by atoms with E-state index in [4.69, 9.17) is 21.1 Å². The summed E-state index contributed by atoms with van der Waals surface area (Å²) in [6, 6.07) is 4.81. The summed E-state index contributed by atoms with van der Waals surface area (Å²) in [5.74, 6) is 0.118. The van der Waals surface area contributed by atoms with Gasteiger partial charge in [0.05, 0.1) is 18.3 Å². The summed E-state index contributed by atoms with van der Waals surface area (Å²) < 4.78 is 10.3. The first kappa shape index (κ1) is 15.1. The highest BCUT2D eigenvalue weighted by atomic mass is 35.5. The van der Waals surface area contributed by atoms with E-state index >= 15 is 0 Å². The second-order valence-electron chi connectivity index (χ2n) is 4.86. The molecule has 110 valence electrons. The average molecular weight is 300 g/mol. The number of carbonyl (C=O) groups is 1. The van der Waals surface area contributed by atoms with E-state index in [1.165, 1.54) is 7.11 Å². The molecule has 6 heteroatoms. The molecule has 0 radical (unpaired) electrons. The lowest BCUT2D eigenvalue weighted by Gasteiger charge is -2.32. The predicted molar refractivity (Wildman–Crippen MR) is 75.3 cm³/mol. The Bertz CT molecular complexity index is 486. The number of hydrogen-bond donors (Lipinski definition) is 2. The van der Waals surface area contributed by atoms with Crippen LogP contribution in [0.3, 0.4) is 0 Å². The van der Waals surface area contributed by atoms with Crippen molar-refractivity contribution in [2.24, 2.45) is 0 Å². The Kier molecular flexibility index (Phi) is 4.86. The second kappa shape index (κ2) is 6.43. The van der Waals surface area contributed by atoms with Gasteiger partial charge in [0, 0.05) is 37.6 Å². The molecule has 1 aromatic carbocycles. The van der Waals surface area contributed by atoms with Crippen LogP contribution >= 0.6 is 11.6 Å². The minimum atomic E-state index is -0.895. The maximum Gasteiger partial charge on any atom is 0.255 e. The third kappa shape index (κ3) is 3.62. The number of amides is 1. The molecule has 20 heavy (non-hydrogen) atoms. The van der Waals surface area contributed by atoms with Crippen LogP contribution in [0.25, 0.3) is 0 Å². The fourth-order valence-corrected chi connectivity index (χ4v) is 2.28. The van der Waals surface area contributed by atoms with Crippen LogP contribution in [-0.2, 0) is 4.74 Å². The van der Waals surface area contributed by atoms with Gasteiger partial charge in [-0.3, -0.25) is 4.79 Å². The smallest absolute Gasteiger partial charge is 0.255 e. The molecule has 1 aliphatic heterocycles. The number of methoxy groups -OCH3 is 1. The first-order valence-electron chi connectivity index (χ1n) is 6.46. The maximum atomic E-state index is 12.1. The second-order valence-corrected chi connectivity index (χ2v) is 5.30. The van der Waals surface area contributed by atoms with Crippen molar-refractivity contribution < 1.29 is 19.4 Å². The SMILES string of the molecule is COc1cc(Cl)ccc1C(=O)NCC1(O)CCOCC1. The minimum absolute atomic E-state index is 0.195. The molecule has 1 aliphatic rings. The normalized spacial score (nSPS) is 17.6. The monoisotopic (exact) mass is 299 g/mol. The Morgan fingerprint density at radius 3 is 2.85 bits per heavy atom. The number of halogens is 1. The zero-order valence-corrected chi connectivity index (χ0v) is 12.1. The quantitative estimate of drug-likeness (QED) is 0.886. The molecule has 1 fully saturated rings. The molecule has 0 unspecified atom stereocenters.